The van der Waals surface area contributed by atoms with Gasteiger partial charge in [-0.15, -0.1) is 5.10 Å². The molecule has 2 saturated heterocycles. The quantitative estimate of drug-likeness (QED) is 0.796. The lowest BCUT2D eigenvalue weighted by Crippen LogP contribution is -2.49. The molecule has 0 N–H and O–H groups in total. The smallest absolute Gasteiger partial charge is 0.245 e. The van der Waals surface area contributed by atoms with E-state index in [2.05, 4.69) is 35.9 Å². The zero-order valence-corrected chi connectivity index (χ0v) is 17.6. The van der Waals surface area contributed by atoms with Crippen molar-refractivity contribution >= 4 is 17.6 Å². The van der Waals surface area contributed by atoms with Gasteiger partial charge in [0.2, 0.25) is 11.8 Å². The van der Waals surface area contributed by atoms with E-state index < -0.39 is 0 Å². The van der Waals surface area contributed by atoms with Crippen LogP contribution in [0.3, 0.4) is 0 Å². The lowest BCUT2D eigenvalue weighted by molar-refractivity contribution is -0.144. The van der Waals surface area contributed by atoms with E-state index in [0.717, 1.165) is 50.4 Å². The molecule has 1 atom stereocenters. The average Bonchev–Trinajstić information content (AvgIpc) is 2.99. The van der Waals surface area contributed by atoms with Crippen molar-refractivity contribution < 1.29 is 9.59 Å². The molecule has 3 heterocycles. The van der Waals surface area contributed by atoms with Crippen LogP contribution in [-0.4, -0.2) is 70.6 Å². The Labute approximate surface area is 168 Å². The van der Waals surface area contributed by atoms with Gasteiger partial charge < -0.3 is 14.7 Å². The molecule has 7 nitrogen and oxygen atoms in total. The topological polar surface area (TPSA) is 69.6 Å². The standard InChI is InChI=1S/C21H33N5O2/c1-16-8-9-18(23-22-16)24-10-6-11-25(14-13-24)20(28)17-7-5-12-26(17)19(27)15-21(2,3)4/h8-9,17H,5-7,10-15H2,1-4H3. The van der Waals surface area contributed by atoms with Crippen molar-refractivity contribution in [3.8, 4) is 0 Å². The summed E-state index contributed by atoms with van der Waals surface area (Å²) in [6.07, 6.45) is 3.06. The van der Waals surface area contributed by atoms with Gasteiger partial charge in [0.25, 0.3) is 0 Å². The average molecular weight is 388 g/mol. The molecule has 0 bridgehead atoms. The molecule has 2 fully saturated rings. The van der Waals surface area contributed by atoms with E-state index in [1.54, 1.807) is 0 Å². The molecule has 28 heavy (non-hydrogen) atoms. The molecule has 0 radical (unpaired) electrons. The molecule has 0 aromatic carbocycles. The SMILES string of the molecule is Cc1ccc(N2CCCN(C(=O)C3CCCN3C(=O)CC(C)(C)C)CC2)nn1. The Morgan fingerprint density at radius 2 is 1.82 bits per heavy atom. The second-order valence-electron chi connectivity index (χ2n) is 9.18. The fraction of sp³-hybridized carbons (Fsp3) is 0.714. The number of carbonyl (C=O) groups excluding carboxylic acids is 2. The second kappa shape index (κ2) is 8.45. The summed E-state index contributed by atoms with van der Waals surface area (Å²) in [6, 6.07) is 3.66. The van der Waals surface area contributed by atoms with Gasteiger partial charge in [-0.2, -0.15) is 5.10 Å². The van der Waals surface area contributed by atoms with Crippen molar-refractivity contribution in [1.29, 1.82) is 0 Å². The predicted molar refractivity (Wildman–Crippen MR) is 109 cm³/mol. The van der Waals surface area contributed by atoms with Crippen LogP contribution in [-0.2, 0) is 9.59 Å². The Balaban J connectivity index is 1.62. The van der Waals surface area contributed by atoms with E-state index in [4.69, 9.17) is 0 Å². The van der Waals surface area contributed by atoms with Gasteiger partial charge in [-0.3, -0.25) is 9.59 Å². The van der Waals surface area contributed by atoms with Crippen LogP contribution in [0.1, 0.15) is 52.1 Å². The number of likely N-dealkylation sites (tertiary alicyclic amines) is 1. The Morgan fingerprint density at radius 1 is 1.04 bits per heavy atom. The number of nitrogens with zero attached hydrogens (tertiary/aromatic N) is 5. The molecular formula is C21H33N5O2. The van der Waals surface area contributed by atoms with Crippen molar-refractivity contribution in [3.63, 3.8) is 0 Å². The van der Waals surface area contributed by atoms with Crippen molar-refractivity contribution in [2.45, 2.75) is 59.4 Å². The predicted octanol–water partition coefficient (Wildman–Crippen LogP) is 2.25. The van der Waals surface area contributed by atoms with Crippen LogP contribution < -0.4 is 4.90 Å². The third kappa shape index (κ3) is 5.00. The molecular weight excluding hydrogens is 354 g/mol. The molecule has 2 aliphatic heterocycles. The molecule has 154 valence electrons. The van der Waals surface area contributed by atoms with Gasteiger partial charge in [-0.05, 0) is 43.7 Å². The highest BCUT2D eigenvalue weighted by atomic mass is 16.2. The number of anilines is 1. The van der Waals surface area contributed by atoms with E-state index >= 15 is 0 Å². The number of hydrogen-bond donors (Lipinski definition) is 0. The summed E-state index contributed by atoms with van der Waals surface area (Å²) in [7, 11) is 0. The summed E-state index contributed by atoms with van der Waals surface area (Å²) >= 11 is 0. The summed E-state index contributed by atoms with van der Waals surface area (Å²) in [5.41, 5.74) is 0.836. The maximum absolute atomic E-state index is 13.2. The molecule has 0 saturated carbocycles. The number of aromatic nitrogens is 2. The Morgan fingerprint density at radius 3 is 2.50 bits per heavy atom. The van der Waals surface area contributed by atoms with Gasteiger partial charge in [0.1, 0.15) is 6.04 Å². The summed E-state index contributed by atoms with van der Waals surface area (Å²) < 4.78 is 0. The van der Waals surface area contributed by atoms with Crippen LogP contribution in [0.2, 0.25) is 0 Å². The minimum Gasteiger partial charge on any atom is -0.353 e. The van der Waals surface area contributed by atoms with Crippen LogP contribution in [0.15, 0.2) is 12.1 Å². The molecule has 1 unspecified atom stereocenters. The summed E-state index contributed by atoms with van der Waals surface area (Å²) in [4.78, 5) is 31.9. The summed E-state index contributed by atoms with van der Waals surface area (Å²) in [6.45, 7) is 11.8. The number of amides is 2. The molecule has 0 spiro atoms. The minimum absolute atomic E-state index is 0.0640. The van der Waals surface area contributed by atoms with Gasteiger partial charge in [-0.1, -0.05) is 20.8 Å². The van der Waals surface area contributed by atoms with Gasteiger partial charge in [-0.25, -0.2) is 0 Å². The maximum Gasteiger partial charge on any atom is 0.245 e. The first-order valence-corrected chi connectivity index (χ1v) is 10.4. The van der Waals surface area contributed by atoms with Gasteiger partial charge in [0.05, 0.1) is 5.69 Å². The number of hydrogen-bond acceptors (Lipinski definition) is 5. The fourth-order valence-electron chi connectivity index (χ4n) is 4.02. The van der Waals surface area contributed by atoms with Crippen LogP contribution >= 0.6 is 0 Å². The first-order chi connectivity index (χ1) is 13.2. The zero-order valence-electron chi connectivity index (χ0n) is 17.6. The highest BCUT2D eigenvalue weighted by Gasteiger charge is 2.37. The zero-order chi connectivity index (χ0) is 20.3. The van der Waals surface area contributed by atoms with Crippen LogP contribution in [0.5, 0.6) is 0 Å². The monoisotopic (exact) mass is 387 g/mol. The molecule has 1 aromatic heterocycles. The van der Waals surface area contributed by atoms with Gasteiger partial charge in [0, 0.05) is 39.1 Å². The summed E-state index contributed by atoms with van der Waals surface area (Å²) in [5.74, 6) is 1.08. The highest BCUT2D eigenvalue weighted by molar-refractivity contribution is 5.88. The molecule has 3 rings (SSSR count). The van der Waals surface area contributed by atoms with E-state index in [1.165, 1.54) is 0 Å². The van der Waals surface area contributed by atoms with E-state index in [0.29, 0.717) is 19.5 Å². The third-order valence-corrected chi connectivity index (χ3v) is 5.46. The number of carbonyl (C=O) groups is 2. The van der Waals surface area contributed by atoms with Crippen molar-refractivity contribution in [3.05, 3.63) is 17.8 Å². The number of rotatable bonds is 3. The van der Waals surface area contributed by atoms with E-state index in [1.807, 2.05) is 28.9 Å². The van der Waals surface area contributed by atoms with E-state index in [-0.39, 0.29) is 23.3 Å². The molecule has 2 amide bonds. The highest BCUT2D eigenvalue weighted by Crippen LogP contribution is 2.26. The van der Waals surface area contributed by atoms with Gasteiger partial charge in [0.15, 0.2) is 5.82 Å². The fourth-order valence-corrected chi connectivity index (χ4v) is 4.02. The summed E-state index contributed by atoms with van der Waals surface area (Å²) in [5, 5.41) is 8.42. The minimum atomic E-state index is -0.291. The molecule has 2 aliphatic rings. The Bertz CT molecular complexity index is 698. The van der Waals surface area contributed by atoms with Crippen molar-refractivity contribution in [2.75, 3.05) is 37.6 Å². The van der Waals surface area contributed by atoms with Crippen molar-refractivity contribution in [1.82, 2.24) is 20.0 Å². The largest absolute Gasteiger partial charge is 0.353 e. The molecule has 1 aromatic rings. The Kier molecular flexibility index (Phi) is 6.20. The second-order valence-corrected chi connectivity index (χ2v) is 9.18. The maximum atomic E-state index is 13.2. The normalized spacial score (nSPS) is 21.0. The third-order valence-electron chi connectivity index (χ3n) is 5.46. The Hall–Kier alpha value is -2.18. The number of aryl methyl sites for hydroxylation is 1. The van der Waals surface area contributed by atoms with Gasteiger partial charge >= 0.3 is 0 Å². The first-order valence-electron chi connectivity index (χ1n) is 10.4. The van der Waals surface area contributed by atoms with Crippen LogP contribution in [0.25, 0.3) is 0 Å². The molecule has 7 heteroatoms. The van der Waals surface area contributed by atoms with Crippen LogP contribution in [0, 0.1) is 12.3 Å². The lowest BCUT2D eigenvalue weighted by Gasteiger charge is -2.31. The van der Waals surface area contributed by atoms with Crippen molar-refractivity contribution in [2.24, 2.45) is 5.41 Å². The first kappa shape index (κ1) is 20.6. The van der Waals surface area contributed by atoms with E-state index in [9.17, 15) is 9.59 Å². The lowest BCUT2D eigenvalue weighted by atomic mass is 9.91. The molecule has 0 aliphatic carbocycles. The van der Waals surface area contributed by atoms with Crippen LogP contribution in [0.4, 0.5) is 5.82 Å².